The quantitative estimate of drug-likeness (QED) is 0.191. The predicted molar refractivity (Wildman–Crippen MR) is 104 cm³/mol. The molecule has 0 aliphatic carbocycles. The Labute approximate surface area is 179 Å². The standard InChI is InChI=1S/C15H21N7O9S/c16-6(1-2-8(24)25)14(28)21-32(29,30)15(11(27)10(26)7(3-23)31-15)22-5-20-9-12(17)18-4-19-13(9)22/h4-7,10-11,23,26-27H,1-3,16H2,(H,21,28)(H,24,25)(H2,17,18,19)/t6-,7+,10+,11+,15-/m0/s1. The number of hydrogen-bond acceptors (Lipinski definition) is 13. The summed E-state index contributed by atoms with van der Waals surface area (Å²) in [6.45, 7) is -0.884. The normalized spacial score (nSPS) is 26.8. The fourth-order valence-corrected chi connectivity index (χ4v) is 4.91. The molecule has 0 bridgehead atoms. The number of amides is 1. The first-order valence-electron chi connectivity index (χ1n) is 9.08. The number of imidazole rings is 1. The molecule has 0 radical (unpaired) electrons. The molecule has 3 heterocycles. The third-order valence-electron chi connectivity index (χ3n) is 4.90. The van der Waals surface area contributed by atoms with Gasteiger partial charge >= 0.3 is 11.0 Å². The van der Waals surface area contributed by atoms with Gasteiger partial charge in [-0.25, -0.2) is 28.1 Å². The van der Waals surface area contributed by atoms with Crippen LogP contribution in [0.1, 0.15) is 12.8 Å². The third kappa shape index (κ3) is 3.74. The number of nitrogens with two attached hydrogens (primary N) is 2. The summed E-state index contributed by atoms with van der Waals surface area (Å²) < 4.78 is 34.5. The highest BCUT2D eigenvalue weighted by Gasteiger charge is 2.65. The number of carboxylic acids is 1. The third-order valence-corrected chi connectivity index (χ3v) is 6.68. The van der Waals surface area contributed by atoms with Crippen molar-refractivity contribution in [2.75, 3.05) is 12.3 Å². The lowest BCUT2D eigenvalue weighted by Crippen LogP contribution is -2.58. The molecule has 0 spiro atoms. The lowest BCUT2D eigenvalue weighted by molar-refractivity contribution is -0.137. The minimum Gasteiger partial charge on any atom is -0.481 e. The lowest BCUT2D eigenvalue weighted by Gasteiger charge is -2.32. The van der Waals surface area contributed by atoms with Crippen LogP contribution >= 0.6 is 0 Å². The van der Waals surface area contributed by atoms with Crippen molar-refractivity contribution in [3.8, 4) is 0 Å². The van der Waals surface area contributed by atoms with Crippen LogP contribution in [0.25, 0.3) is 11.2 Å². The number of rotatable bonds is 8. The van der Waals surface area contributed by atoms with Crippen molar-refractivity contribution in [1.29, 1.82) is 0 Å². The average molecular weight is 475 g/mol. The maximum Gasteiger partial charge on any atom is 0.303 e. The summed E-state index contributed by atoms with van der Waals surface area (Å²) in [7, 11) is -5.11. The summed E-state index contributed by atoms with van der Waals surface area (Å²) in [5.41, 5.74) is 11.0. The number of nitrogens with one attached hydrogen (secondary N) is 1. The first-order valence-corrected chi connectivity index (χ1v) is 10.6. The minimum atomic E-state index is -5.11. The van der Waals surface area contributed by atoms with E-state index in [0.29, 0.717) is 0 Å². The number of sulfonamides is 1. The molecule has 0 aromatic carbocycles. The molecule has 0 unspecified atom stereocenters. The number of nitrogen functional groups attached to an aromatic ring is 1. The first kappa shape index (κ1) is 23.7. The van der Waals surface area contributed by atoms with Crippen LogP contribution in [0.2, 0.25) is 0 Å². The number of aromatic nitrogens is 4. The van der Waals surface area contributed by atoms with Crippen molar-refractivity contribution < 1.29 is 43.2 Å². The summed E-state index contributed by atoms with van der Waals surface area (Å²) >= 11 is 0. The van der Waals surface area contributed by atoms with Crippen LogP contribution in [0, 0.1) is 0 Å². The summed E-state index contributed by atoms with van der Waals surface area (Å²) in [4.78, 5) is 34.6. The van der Waals surface area contributed by atoms with Crippen molar-refractivity contribution in [3.63, 3.8) is 0 Å². The second kappa shape index (κ2) is 8.52. The summed E-state index contributed by atoms with van der Waals surface area (Å²) in [6, 6.07) is -1.53. The van der Waals surface area contributed by atoms with Gasteiger partial charge in [-0.2, -0.15) is 0 Å². The zero-order valence-electron chi connectivity index (χ0n) is 16.3. The molecule has 9 N–H and O–H groups in total. The predicted octanol–water partition coefficient (Wildman–Crippen LogP) is -4.23. The molecule has 16 nitrogen and oxygen atoms in total. The lowest BCUT2D eigenvalue weighted by atomic mass is 10.1. The highest BCUT2D eigenvalue weighted by molar-refractivity contribution is 7.90. The highest BCUT2D eigenvalue weighted by atomic mass is 32.2. The van der Waals surface area contributed by atoms with E-state index in [9.17, 15) is 33.3 Å². The van der Waals surface area contributed by atoms with Crippen LogP contribution in [-0.4, -0.2) is 91.2 Å². The van der Waals surface area contributed by atoms with Gasteiger partial charge in [0.05, 0.1) is 12.6 Å². The zero-order chi connectivity index (χ0) is 23.8. The van der Waals surface area contributed by atoms with Gasteiger partial charge in [0.25, 0.3) is 10.0 Å². The molecule has 1 saturated heterocycles. The molecular formula is C15H21N7O9S. The molecule has 5 atom stereocenters. The molecular weight excluding hydrogens is 454 g/mol. The van der Waals surface area contributed by atoms with Crippen molar-refractivity contribution in [1.82, 2.24) is 24.2 Å². The number of nitrogens with zero attached hydrogens (tertiary/aromatic N) is 4. The van der Waals surface area contributed by atoms with Crippen LogP contribution in [0.3, 0.4) is 0 Å². The largest absolute Gasteiger partial charge is 0.481 e. The molecule has 17 heteroatoms. The van der Waals surface area contributed by atoms with Crippen molar-refractivity contribution >= 4 is 38.9 Å². The molecule has 1 aliphatic rings. The number of carbonyl (C=O) groups is 2. The van der Waals surface area contributed by atoms with E-state index in [1.54, 1.807) is 4.72 Å². The number of fused-ring (bicyclic) bond motifs is 1. The van der Waals surface area contributed by atoms with Gasteiger partial charge in [-0.3, -0.25) is 14.2 Å². The Balaban J connectivity index is 2.10. The number of anilines is 1. The Morgan fingerprint density at radius 1 is 1.31 bits per heavy atom. The second-order valence-electron chi connectivity index (χ2n) is 6.96. The van der Waals surface area contributed by atoms with Crippen molar-refractivity contribution in [2.24, 2.45) is 5.73 Å². The van der Waals surface area contributed by atoms with Gasteiger partial charge in [0.2, 0.25) is 5.91 Å². The zero-order valence-corrected chi connectivity index (χ0v) is 17.1. The molecule has 2 aromatic rings. The number of hydrogen-bond donors (Lipinski definition) is 7. The fraction of sp³-hybridized carbons (Fsp3) is 0.533. The molecule has 1 amide bonds. The van der Waals surface area contributed by atoms with E-state index in [-0.39, 0.29) is 23.4 Å². The highest BCUT2D eigenvalue weighted by Crippen LogP contribution is 2.41. The summed E-state index contributed by atoms with van der Waals surface area (Å²) in [5, 5.41) is 36.3. The smallest absolute Gasteiger partial charge is 0.303 e. The molecule has 1 aliphatic heterocycles. The first-order chi connectivity index (χ1) is 15.0. The van der Waals surface area contributed by atoms with Gasteiger partial charge in [0.1, 0.15) is 36.5 Å². The molecule has 1 fully saturated rings. The molecule has 0 saturated carbocycles. The van der Waals surface area contributed by atoms with Gasteiger partial charge in [-0.15, -0.1) is 0 Å². The Bertz CT molecular complexity index is 1140. The van der Waals surface area contributed by atoms with E-state index in [2.05, 4.69) is 15.0 Å². The van der Waals surface area contributed by atoms with E-state index in [1.165, 1.54) is 0 Å². The van der Waals surface area contributed by atoms with E-state index < -0.39 is 64.3 Å². The number of ether oxygens (including phenoxy) is 1. The van der Waals surface area contributed by atoms with Gasteiger partial charge in [0.15, 0.2) is 11.5 Å². The maximum atomic E-state index is 13.3. The van der Waals surface area contributed by atoms with Crippen LogP contribution in [0.5, 0.6) is 0 Å². The van der Waals surface area contributed by atoms with E-state index in [0.717, 1.165) is 17.2 Å². The molecule has 176 valence electrons. The van der Waals surface area contributed by atoms with Crippen LogP contribution in [0.15, 0.2) is 12.7 Å². The number of aliphatic hydroxyl groups excluding tert-OH is 3. The summed E-state index contributed by atoms with van der Waals surface area (Å²) in [6.07, 6.45) is -4.73. The average Bonchev–Trinajstić information content (AvgIpc) is 3.27. The minimum absolute atomic E-state index is 0.0655. The topological polar surface area (TPSA) is 266 Å². The fourth-order valence-electron chi connectivity index (χ4n) is 3.24. The molecule has 3 rings (SSSR count). The van der Waals surface area contributed by atoms with Gasteiger partial charge in [0, 0.05) is 6.42 Å². The van der Waals surface area contributed by atoms with Gasteiger partial charge in [-0.05, 0) is 6.42 Å². The number of aliphatic hydroxyl groups is 3. The Hall–Kier alpha value is -2.96. The number of carbonyl (C=O) groups excluding carboxylic acids is 1. The Morgan fingerprint density at radius 2 is 2.00 bits per heavy atom. The second-order valence-corrected chi connectivity index (χ2v) is 8.76. The van der Waals surface area contributed by atoms with Gasteiger partial charge in [-0.1, -0.05) is 0 Å². The monoisotopic (exact) mass is 475 g/mol. The van der Waals surface area contributed by atoms with E-state index in [4.69, 9.17) is 21.3 Å². The van der Waals surface area contributed by atoms with Crippen LogP contribution in [-0.2, 0) is 29.4 Å². The Kier molecular flexibility index (Phi) is 6.31. The maximum absolute atomic E-state index is 13.3. The van der Waals surface area contributed by atoms with Crippen LogP contribution < -0.4 is 16.2 Å². The van der Waals surface area contributed by atoms with E-state index in [1.807, 2.05) is 0 Å². The van der Waals surface area contributed by atoms with Crippen molar-refractivity contribution in [3.05, 3.63) is 12.7 Å². The number of aliphatic carboxylic acids is 1. The summed E-state index contributed by atoms with van der Waals surface area (Å²) in [5.74, 6) is -2.67. The van der Waals surface area contributed by atoms with E-state index >= 15 is 0 Å². The Morgan fingerprint density at radius 3 is 2.59 bits per heavy atom. The van der Waals surface area contributed by atoms with Crippen molar-refractivity contribution in [2.45, 2.75) is 42.3 Å². The van der Waals surface area contributed by atoms with Crippen LogP contribution in [0.4, 0.5) is 5.82 Å². The van der Waals surface area contributed by atoms with Gasteiger partial charge < -0.3 is 36.6 Å². The number of carboxylic acid groups (broad SMARTS) is 1. The molecule has 32 heavy (non-hydrogen) atoms. The molecule has 2 aromatic heterocycles. The SMILES string of the molecule is Nc1ncnc2c1ncn2[C@]1(S(=O)(=O)NC(=O)[C@@H](N)CCC(=O)O)O[C@H](CO)[C@@H](O)[C@H]1O.